The van der Waals surface area contributed by atoms with Gasteiger partial charge in [0.05, 0.1) is 5.69 Å². The van der Waals surface area contributed by atoms with Crippen molar-refractivity contribution in [3.63, 3.8) is 0 Å². The number of thiazole rings is 1. The third kappa shape index (κ3) is 5.13. The van der Waals surface area contributed by atoms with Crippen molar-refractivity contribution < 1.29 is 0 Å². The van der Waals surface area contributed by atoms with Gasteiger partial charge < -0.3 is 16.0 Å². The van der Waals surface area contributed by atoms with Crippen LogP contribution in [0.15, 0.2) is 28.6 Å². The second-order valence-electron chi connectivity index (χ2n) is 7.11. The fraction of sp³-hybridized carbons (Fsp3) is 0.500. The van der Waals surface area contributed by atoms with Crippen molar-refractivity contribution in [2.45, 2.75) is 44.9 Å². The van der Waals surface area contributed by atoms with Crippen molar-refractivity contribution in [1.29, 1.82) is 0 Å². The van der Waals surface area contributed by atoms with Gasteiger partial charge in [0.1, 0.15) is 0 Å². The highest BCUT2D eigenvalue weighted by molar-refractivity contribution is 14.0. The summed E-state index contributed by atoms with van der Waals surface area (Å²) in [5.74, 6) is 0.499. The molecule has 1 aliphatic carbocycles. The number of aromatic nitrogens is 1. The second kappa shape index (κ2) is 9.73. The Bertz CT molecular complexity index is 782. The first-order chi connectivity index (χ1) is 12.8. The van der Waals surface area contributed by atoms with Crippen molar-refractivity contribution in [3.8, 4) is 0 Å². The molecular weight excluding hydrogens is 469 g/mol. The lowest BCUT2D eigenvalue weighted by Crippen LogP contribution is -2.24. The van der Waals surface area contributed by atoms with Gasteiger partial charge >= 0.3 is 0 Å². The molecule has 0 saturated carbocycles. The quantitative estimate of drug-likeness (QED) is 0.369. The molecule has 5 nitrogen and oxygen atoms in total. The van der Waals surface area contributed by atoms with E-state index in [2.05, 4.69) is 38.8 Å². The third-order valence-electron chi connectivity index (χ3n) is 5.22. The van der Waals surface area contributed by atoms with E-state index >= 15 is 0 Å². The average Bonchev–Trinajstić information content (AvgIpc) is 3.34. The second-order valence-corrected chi connectivity index (χ2v) is 7.94. The van der Waals surface area contributed by atoms with Gasteiger partial charge in [-0.25, -0.2) is 4.98 Å². The molecule has 4 rings (SSSR count). The summed E-state index contributed by atoms with van der Waals surface area (Å²) in [7, 11) is 0. The van der Waals surface area contributed by atoms with Crippen LogP contribution in [0.3, 0.4) is 0 Å². The lowest BCUT2D eigenvalue weighted by atomic mass is 9.90. The van der Waals surface area contributed by atoms with Crippen molar-refractivity contribution in [1.82, 2.24) is 4.98 Å². The van der Waals surface area contributed by atoms with E-state index in [9.17, 15) is 0 Å². The molecule has 7 heteroatoms. The molecular formula is C20H28IN5S. The number of fused-ring (bicyclic) bond motifs is 1. The van der Waals surface area contributed by atoms with Gasteiger partial charge in [-0.15, -0.1) is 35.3 Å². The number of aryl methyl sites for hydroxylation is 1. The molecule has 0 unspecified atom stereocenters. The zero-order chi connectivity index (χ0) is 17.8. The highest BCUT2D eigenvalue weighted by Gasteiger charge is 2.15. The van der Waals surface area contributed by atoms with E-state index in [0.717, 1.165) is 42.4 Å². The van der Waals surface area contributed by atoms with Crippen LogP contribution in [-0.2, 0) is 19.3 Å². The predicted octanol–water partition coefficient (Wildman–Crippen LogP) is 4.21. The average molecular weight is 497 g/mol. The number of anilines is 2. The van der Waals surface area contributed by atoms with E-state index in [1.165, 1.54) is 43.2 Å². The topological polar surface area (TPSA) is 66.5 Å². The van der Waals surface area contributed by atoms with E-state index in [4.69, 9.17) is 10.7 Å². The van der Waals surface area contributed by atoms with E-state index < -0.39 is 0 Å². The van der Waals surface area contributed by atoms with E-state index in [0.29, 0.717) is 12.5 Å². The number of rotatable bonds is 5. The maximum absolute atomic E-state index is 6.12. The molecule has 2 aromatic rings. The largest absolute Gasteiger partial charge is 0.370 e. The van der Waals surface area contributed by atoms with Crippen LogP contribution < -0.4 is 16.0 Å². The summed E-state index contributed by atoms with van der Waals surface area (Å²) in [6.07, 6.45) is 8.24. The molecule has 3 N–H and O–H groups in total. The Morgan fingerprint density at radius 2 is 2.00 bits per heavy atom. The Hall–Kier alpha value is -1.35. The maximum Gasteiger partial charge on any atom is 0.193 e. The van der Waals surface area contributed by atoms with Crippen LogP contribution in [0.1, 0.15) is 42.5 Å². The molecule has 2 heterocycles. The Balaban J connectivity index is 0.00000210. The van der Waals surface area contributed by atoms with Crippen molar-refractivity contribution in [2.75, 3.05) is 29.9 Å². The number of aliphatic imine (C=N–C) groups is 1. The van der Waals surface area contributed by atoms with Gasteiger partial charge in [0.15, 0.2) is 11.1 Å². The molecule has 0 radical (unpaired) electrons. The number of hydrogen-bond donors (Lipinski definition) is 2. The standard InChI is InChI=1S/C20H27N5S.HI/c21-19(24-18-9-5-7-15-6-1-2-8-17(15)18)22-11-10-16-14-26-20(23-16)25-12-3-4-13-25;/h5,7,9,14H,1-4,6,8,10-13H2,(H3,21,22,24);1H. The van der Waals surface area contributed by atoms with Crippen LogP contribution >= 0.6 is 35.3 Å². The third-order valence-corrected chi connectivity index (χ3v) is 6.18. The van der Waals surface area contributed by atoms with E-state index in [-0.39, 0.29) is 24.0 Å². The van der Waals surface area contributed by atoms with E-state index in [1.54, 1.807) is 11.3 Å². The minimum atomic E-state index is 0. The Morgan fingerprint density at radius 1 is 1.19 bits per heavy atom. The first-order valence-corrected chi connectivity index (χ1v) is 10.5. The normalized spacial score (nSPS) is 16.7. The summed E-state index contributed by atoms with van der Waals surface area (Å²) >= 11 is 1.74. The fourth-order valence-electron chi connectivity index (χ4n) is 3.83. The van der Waals surface area contributed by atoms with Gasteiger partial charge in [-0.2, -0.15) is 0 Å². The highest BCUT2D eigenvalue weighted by atomic mass is 127. The van der Waals surface area contributed by atoms with Crippen LogP contribution in [0.5, 0.6) is 0 Å². The number of nitrogens with one attached hydrogen (secondary N) is 1. The van der Waals surface area contributed by atoms with Gasteiger partial charge in [-0.05, 0) is 55.7 Å². The van der Waals surface area contributed by atoms with Crippen LogP contribution in [-0.4, -0.2) is 30.6 Å². The molecule has 146 valence electrons. The first kappa shape index (κ1) is 20.4. The number of nitrogens with two attached hydrogens (primary N) is 1. The molecule has 27 heavy (non-hydrogen) atoms. The Kier molecular flexibility index (Phi) is 7.34. The number of nitrogens with zero attached hydrogens (tertiary/aromatic N) is 3. The minimum Gasteiger partial charge on any atom is -0.370 e. The molecule has 2 aliphatic rings. The van der Waals surface area contributed by atoms with Crippen LogP contribution in [0.25, 0.3) is 0 Å². The van der Waals surface area contributed by atoms with Gasteiger partial charge in [-0.3, -0.25) is 4.99 Å². The summed E-state index contributed by atoms with van der Waals surface area (Å²) in [4.78, 5) is 11.6. The molecule has 1 fully saturated rings. The molecule has 0 atom stereocenters. The van der Waals surface area contributed by atoms with Gasteiger partial charge in [0, 0.05) is 37.1 Å². The molecule has 1 aromatic heterocycles. The Morgan fingerprint density at radius 3 is 2.85 bits per heavy atom. The number of halogens is 1. The number of hydrogen-bond acceptors (Lipinski definition) is 4. The molecule has 1 aliphatic heterocycles. The monoisotopic (exact) mass is 497 g/mol. The molecule has 1 saturated heterocycles. The smallest absolute Gasteiger partial charge is 0.193 e. The molecule has 0 spiro atoms. The number of benzene rings is 1. The van der Waals surface area contributed by atoms with Crippen LogP contribution in [0, 0.1) is 0 Å². The fourth-order valence-corrected chi connectivity index (χ4v) is 4.75. The summed E-state index contributed by atoms with van der Waals surface area (Å²) in [5, 5.41) is 6.62. The summed E-state index contributed by atoms with van der Waals surface area (Å²) in [5.41, 5.74) is 11.2. The molecule has 1 aromatic carbocycles. The summed E-state index contributed by atoms with van der Waals surface area (Å²) in [6.45, 7) is 2.95. The Labute approximate surface area is 182 Å². The van der Waals surface area contributed by atoms with E-state index in [1.807, 2.05) is 0 Å². The van der Waals surface area contributed by atoms with Gasteiger partial charge in [-0.1, -0.05) is 12.1 Å². The summed E-state index contributed by atoms with van der Waals surface area (Å²) in [6, 6.07) is 6.44. The highest BCUT2D eigenvalue weighted by Crippen LogP contribution is 2.28. The molecule has 0 bridgehead atoms. The van der Waals surface area contributed by atoms with Gasteiger partial charge in [0.2, 0.25) is 0 Å². The van der Waals surface area contributed by atoms with Crippen molar-refractivity contribution >= 4 is 52.1 Å². The zero-order valence-electron chi connectivity index (χ0n) is 15.6. The maximum atomic E-state index is 6.12. The summed E-state index contributed by atoms with van der Waals surface area (Å²) < 4.78 is 0. The zero-order valence-corrected chi connectivity index (χ0v) is 18.8. The van der Waals surface area contributed by atoms with Crippen molar-refractivity contribution in [2.24, 2.45) is 10.7 Å². The lowest BCUT2D eigenvalue weighted by Gasteiger charge is -2.19. The predicted molar refractivity (Wildman–Crippen MR) is 126 cm³/mol. The SMILES string of the molecule is I.NC(=NCCc1csc(N2CCCC2)n1)Nc1cccc2c1CCCC2. The lowest BCUT2D eigenvalue weighted by molar-refractivity contribution is 0.687. The minimum absolute atomic E-state index is 0. The van der Waals surface area contributed by atoms with Crippen molar-refractivity contribution in [3.05, 3.63) is 40.4 Å². The van der Waals surface area contributed by atoms with Gasteiger partial charge in [0.25, 0.3) is 0 Å². The first-order valence-electron chi connectivity index (χ1n) is 9.66. The van der Waals surface area contributed by atoms with Crippen LogP contribution in [0.4, 0.5) is 10.8 Å². The van der Waals surface area contributed by atoms with Crippen LogP contribution in [0.2, 0.25) is 0 Å². The molecule has 0 amide bonds. The number of guanidine groups is 1.